The van der Waals surface area contributed by atoms with E-state index in [-0.39, 0.29) is 5.91 Å². The zero-order chi connectivity index (χ0) is 13.9. The van der Waals surface area contributed by atoms with Crippen molar-refractivity contribution >= 4 is 23.4 Å². The van der Waals surface area contributed by atoms with E-state index in [0.29, 0.717) is 17.0 Å². The highest BCUT2D eigenvalue weighted by atomic mass is 32.2. The fraction of sp³-hybridized carbons (Fsp3) is 0.533. The number of benzene rings is 1. The molecule has 2 N–H and O–H groups in total. The van der Waals surface area contributed by atoms with Crippen molar-refractivity contribution in [3.8, 4) is 0 Å². The van der Waals surface area contributed by atoms with E-state index >= 15 is 0 Å². The largest absolute Gasteiger partial charge is 0.381 e. The highest BCUT2D eigenvalue weighted by Crippen LogP contribution is 2.36. The monoisotopic (exact) mass is 278 g/mol. The second-order valence-electron chi connectivity index (χ2n) is 5.67. The predicted molar refractivity (Wildman–Crippen MR) is 83.0 cm³/mol. The molecule has 1 heterocycles. The van der Waals surface area contributed by atoms with Gasteiger partial charge in [-0.1, -0.05) is 19.9 Å². The normalized spacial score (nSPS) is 21.7. The molecular formula is C15H22N2OS. The summed E-state index contributed by atoms with van der Waals surface area (Å²) in [7, 11) is 1.66. The third kappa shape index (κ3) is 3.44. The Morgan fingerprint density at radius 2 is 2.21 bits per heavy atom. The van der Waals surface area contributed by atoms with Crippen molar-refractivity contribution in [2.45, 2.75) is 26.3 Å². The minimum Gasteiger partial charge on any atom is -0.381 e. The van der Waals surface area contributed by atoms with Gasteiger partial charge in [-0.05, 0) is 35.8 Å². The van der Waals surface area contributed by atoms with Crippen molar-refractivity contribution in [3.05, 3.63) is 29.8 Å². The predicted octanol–water partition coefficient (Wildman–Crippen LogP) is 2.99. The minimum atomic E-state index is -0.0408. The molecule has 1 amide bonds. The van der Waals surface area contributed by atoms with Crippen LogP contribution in [0, 0.1) is 5.41 Å². The molecule has 104 valence electrons. The van der Waals surface area contributed by atoms with Crippen LogP contribution in [0.25, 0.3) is 0 Å². The molecule has 0 bridgehead atoms. The lowest BCUT2D eigenvalue weighted by Gasteiger charge is -2.39. The van der Waals surface area contributed by atoms with Crippen molar-refractivity contribution in [2.75, 3.05) is 23.9 Å². The Kier molecular flexibility index (Phi) is 4.40. The third-order valence-electron chi connectivity index (χ3n) is 3.81. The Bertz CT molecular complexity index is 459. The van der Waals surface area contributed by atoms with Gasteiger partial charge in [-0.3, -0.25) is 4.79 Å². The highest BCUT2D eigenvalue weighted by molar-refractivity contribution is 7.99. The van der Waals surface area contributed by atoms with Gasteiger partial charge in [0.05, 0.1) is 0 Å². The molecule has 1 aliphatic rings. The molecule has 1 aliphatic heterocycles. The maximum Gasteiger partial charge on any atom is 0.251 e. The first-order valence-electron chi connectivity index (χ1n) is 6.69. The van der Waals surface area contributed by atoms with E-state index in [1.807, 2.05) is 36.0 Å². The summed E-state index contributed by atoms with van der Waals surface area (Å²) in [5.41, 5.74) is 2.03. The van der Waals surface area contributed by atoms with Gasteiger partial charge in [0, 0.05) is 30.1 Å². The van der Waals surface area contributed by atoms with Crippen molar-refractivity contribution in [1.82, 2.24) is 5.32 Å². The zero-order valence-corrected chi connectivity index (χ0v) is 12.6. The molecule has 0 aliphatic carbocycles. The molecule has 4 heteroatoms. The fourth-order valence-electron chi connectivity index (χ4n) is 2.27. The molecule has 1 unspecified atom stereocenters. The Balaban J connectivity index is 2.12. The van der Waals surface area contributed by atoms with Crippen LogP contribution in [0.3, 0.4) is 0 Å². The van der Waals surface area contributed by atoms with Gasteiger partial charge in [-0.25, -0.2) is 0 Å². The van der Waals surface area contributed by atoms with Crippen LogP contribution < -0.4 is 10.6 Å². The molecule has 1 fully saturated rings. The lowest BCUT2D eigenvalue weighted by molar-refractivity contribution is 0.0963. The number of nitrogens with one attached hydrogen (secondary N) is 2. The van der Waals surface area contributed by atoms with Gasteiger partial charge in [-0.2, -0.15) is 11.8 Å². The number of hydrogen-bond acceptors (Lipinski definition) is 3. The minimum absolute atomic E-state index is 0.0408. The molecule has 0 radical (unpaired) electrons. The first kappa shape index (κ1) is 14.3. The van der Waals surface area contributed by atoms with E-state index < -0.39 is 0 Å². The van der Waals surface area contributed by atoms with Crippen LogP contribution in [0.2, 0.25) is 0 Å². The van der Waals surface area contributed by atoms with Gasteiger partial charge in [0.2, 0.25) is 0 Å². The lowest BCUT2D eigenvalue weighted by atomic mass is 9.82. The Morgan fingerprint density at radius 3 is 2.89 bits per heavy atom. The molecule has 19 heavy (non-hydrogen) atoms. The second-order valence-corrected chi connectivity index (χ2v) is 6.82. The number of carbonyl (C=O) groups excluding carboxylic acids is 1. The molecular weight excluding hydrogens is 256 g/mol. The smallest absolute Gasteiger partial charge is 0.251 e. The number of carbonyl (C=O) groups is 1. The molecule has 0 saturated carbocycles. The zero-order valence-electron chi connectivity index (χ0n) is 11.8. The van der Waals surface area contributed by atoms with Crippen molar-refractivity contribution < 1.29 is 4.79 Å². The van der Waals surface area contributed by atoms with Crippen LogP contribution in [-0.4, -0.2) is 30.5 Å². The van der Waals surface area contributed by atoms with Crippen LogP contribution in [0.15, 0.2) is 24.3 Å². The van der Waals surface area contributed by atoms with Gasteiger partial charge in [-0.15, -0.1) is 0 Å². The molecule has 1 saturated heterocycles. The quantitative estimate of drug-likeness (QED) is 0.893. The van der Waals surface area contributed by atoms with Crippen LogP contribution in [-0.2, 0) is 0 Å². The lowest BCUT2D eigenvalue weighted by Crippen LogP contribution is -2.41. The van der Waals surface area contributed by atoms with E-state index in [1.165, 1.54) is 12.2 Å². The number of amides is 1. The van der Waals surface area contributed by atoms with E-state index in [9.17, 15) is 4.79 Å². The number of anilines is 1. The van der Waals surface area contributed by atoms with Crippen molar-refractivity contribution in [2.24, 2.45) is 5.41 Å². The highest BCUT2D eigenvalue weighted by Gasteiger charge is 2.32. The Labute approximate surface area is 119 Å². The number of rotatable bonds is 3. The van der Waals surface area contributed by atoms with Gasteiger partial charge in [0.15, 0.2) is 0 Å². The summed E-state index contributed by atoms with van der Waals surface area (Å²) >= 11 is 2.00. The van der Waals surface area contributed by atoms with E-state index in [0.717, 1.165) is 11.4 Å². The second kappa shape index (κ2) is 5.87. The average molecular weight is 278 g/mol. The summed E-state index contributed by atoms with van der Waals surface area (Å²) in [6.45, 7) is 4.62. The summed E-state index contributed by atoms with van der Waals surface area (Å²) in [6.07, 6.45) is 1.23. The van der Waals surface area contributed by atoms with Gasteiger partial charge in [0.1, 0.15) is 0 Å². The summed E-state index contributed by atoms with van der Waals surface area (Å²) in [4.78, 5) is 11.6. The van der Waals surface area contributed by atoms with Crippen LogP contribution in [0.1, 0.15) is 30.6 Å². The standard InChI is InChI=1S/C15H22N2OS/c1-15(2)7-8-19-10-13(15)17-12-6-4-5-11(9-12)14(18)16-3/h4-6,9,13,17H,7-8,10H2,1-3H3,(H,16,18). The summed E-state index contributed by atoms with van der Waals surface area (Å²) in [6, 6.07) is 8.17. The maximum absolute atomic E-state index is 11.6. The fourth-order valence-corrected chi connectivity index (χ4v) is 3.88. The molecule has 3 nitrogen and oxygen atoms in total. The number of hydrogen-bond donors (Lipinski definition) is 2. The molecule has 2 rings (SSSR count). The van der Waals surface area contributed by atoms with E-state index in [4.69, 9.17) is 0 Å². The molecule has 0 aromatic heterocycles. The van der Waals surface area contributed by atoms with Gasteiger partial charge in [0.25, 0.3) is 5.91 Å². The third-order valence-corrected chi connectivity index (χ3v) is 4.87. The molecule has 0 spiro atoms. The average Bonchev–Trinajstić information content (AvgIpc) is 2.40. The van der Waals surface area contributed by atoms with E-state index in [1.54, 1.807) is 7.05 Å². The SMILES string of the molecule is CNC(=O)c1cccc(NC2CSCCC2(C)C)c1. The molecule has 1 atom stereocenters. The van der Waals surface area contributed by atoms with Crippen molar-refractivity contribution in [1.29, 1.82) is 0 Å². The summed E-state index contributed by atoms with van der Waals surface area (Å²) < 4.78 is 0. The Morgan fingerprint density at radius 1 is 1.42 bits per heavy atom. The molecule has 1 aromatic rings. The Hall–Kier alpha value is -1.16. The van der Waals surface area contributed by atoms with E-state index in [2.05, 4.69) is 24.5 Å². The van der Waals surface area contributed by atoms with Gasteiger partial charge >= 0.3 is 0 Å². The first-order chi connectivity index (χ1) is 9.03. The topological polar surface area (TPSA) is 41.1 Å². The molecule has 1 aromatic carbocycles. The van der Waals surface area contributed by atoms with Crippen molar-refractivity contribution in [3.63, 3.8) is 0 Å². The maximum atomic E-state index is 11.6. The number of thioether (sulfide) groups is 1. The van der Waals surface area contributed by atoms with Crippen LogP contribution >= 0.6 is 11.8 Å². The van der Waals surface area contributed by atoms with Crippen LogP contribution in [0.4, 0.5) is 5.69 Å². The van der Waals surface area contributed by atoms with Gasteiger partial charge < -0.3 is 10.6 Å². The summed E-state index contributed by atoms with van der Waals surface area (Å²) in [5.74, 6) is 2.32. The van der Waals surface area contributed by atoms with Crippen LogP contribution in [0.5, 0.6) is 0 Å². The first-order valence-corrected chi connectivity index (χ1v) is 7.85. The summed E-state index contributed by atoms with van der Waals surface area (Å²) in [5, 5.41) is 6.25.